The maximum absolute atomic E-state index is 10.4. The molecule has 0 aliphatic rings. The van der Waals surface area contributed by atoms with Crippen LogP contribution in [0.4, 0.5) is 0 Å². The minimum absolute atomic E-state index is 0.342. The van der Waals surface area contributed by atoms with E-state index in [1.54, 1.807) is 0 Å². The number of hydrogen-bond donors (Lipinski definition) is 1. The molecule has 0 aromatic rings. The summed E-state index contributed by atoms with van der Waals surface area (Å²) in [5.74, 6) is 0.106. The van der Waals surface area contributed by atoms with E-state index in [1.807, 2.05) is 0 Å². The van der Waals surface area contributed by atoms with E-state index in [0.717, 1.165) is 18.8 Å². The van der Waals surface area contributed by atoms with E-state index in [2.05, 4.69) is 26.0 Å². The van der Waals surface area contributed by atoms with Crippen molar-refractivity contribution in [3.63, 3.8) is 0 Å². The van der Waals surface area contributed by atoms with Crippen LogP contribution in [0.2, 0.25) is 0 Å². The molecule has 0 saturated carbocycles. The van der Waals surface area contributed by atoms with E-state index < -0.39 is 5.97 Å². The van der Waals surface area contributed by atoms with E-state index in [4.69, 9.17) is 5.11 Å². The van der Waals surface area contributed by atoms with Gasteiger partial charge in [0.1, 0.15) is 0 Å². The van der Waals surface area contributed by atoms with Crippen LogP contribution in [0.25, 0.3) is 0 Å². The van der Waals surface area contributed by atoms with Crippen LogP contribution in [0.3, 0.4) is 0 Å². The predicted octanol–water partition coefficient (Wildman–Crippen LogP) is 8.70. The fourth-order valence-corrected chi connectivity index (χ4v) is 3.62. The highest BCUT2D eigenvalue weighted by atomic mass is 16.4. The lowest BCUT2D eigenvalue weighted by molar-refractivity contribution is -0.137. The zero-order valence-electron chi connectivity index (χ0n) is 18.5. The molecule has 1 atom stereocenters. The summed E-state index contributed by atoms with van der Waals surface area (Å²) in [6, 6.07) is 0. The fourth-order valence-electron chi connectivity index (χ4n) is 3.62. The standard InChI is InChI=1S/C25H48O2/c1-3-4-5-15-18-21-24(2)22-19-16-13-11-9-7-6-8-10-12-14-17-20-23-25(26)27/h18,21,24H,3-17,19-20,22-23H2,1-2H3,(H,26,27). The third-order valence-electron chi connectivity index (χ3n) is 5.49. The van der Waals surface area contributed by atoms with Gasteiger partial charge in [-0.2, -0.15) is 0 Å². The van der Waals surface area contributed by atoms with Crippen molar-refractivity contribution in [2.45, 2.75) is 136 Å². The minimum atomic E-state index is -0.654. The van der Waals surface area contributed by atoms with Gasteiger partial charge in [-0.1, -0.05) is 116 Å². The topological polar surface area (TPSA) is 37.3 Å². The Hall–Kier alpha value is -0.790. The first-order valence-electron chi connectivity index (χ1n) is 12.0. The molecule has 1 N–H and O–H groups in total. The van der Waals surface area contributed by atoms with E-state index in [-0.39, 0.29) is 0 Å². The number of allylic oxidation sites excluding steroid dienone is 2. The van der Waals surface area contributed by atoms with Gasteiger partial charge in [0.25, 0.3) is 0 Å². The summed E-state index contributed by atoms with van der Waals surface area (Å²) in [7, 11) is 0. The SMILES string of the molecule is CCCCCC=CC(C)CCCCCCCCCCCCCCCC(=O)O. The number of aliphatic carboxylic acids is 1. The van der Waals surface area contributed by atoms with Crippen molar-refractivity contribution < 1.29 is 9.90 Å². The third kappa shape index (κ3) is 23.2. The lowest BCUT2D eigenvalue weighted by atomic mass is 10.00. The van der Waals surface area contributed by atoms with Crippen LogP contribution in [-0.4, -0.2) is 11.1 Å². The predicted molar refractivity (Wildman–Crippen MR) is 119 cm³/mol. The largest absolute Gasteiger partial charge is 0.481 e. The normalized spacial score (nSPS) is 12.7. The van der Waals surface area contributed by atoms with Crippen molar-refractivity contribution in [1.82, 2.24) is 0 Å². The van der Waals surface area contributed by atoms with Gasteiger partial charge in [0.15, 0.2) is 0 Å². The number of carboxylic acids is 1. The second-order valence-corrected chi connectivity index (χ2v) is 8.43. The Bertz CT molecular complexity index is 335. The van der Waals surface area contributed by atoms with Crippen molar-refractivity contribution in [2.24, 2.45) is 5.92 Å². The first-order chi connectivity index (χ1) is 13.2. The van der Waals surface area contributed by atoms with Crippen LogP contribution in [0, 0.1) is 5.92 Å². The molecule has 2 nitrogen and oxygen atoms in total. The smallest absolute Gasteiger partial charge is 0.303 e. The van der Waals surface area contributed by atoms with Crippen molar-refractivity contribution in [1.29, 1.82) is 0 Å². The molecule has 2 heteroatoms. The summed E-state index contributed by atoms with van der Waals surface area (Å²) in [4.78, 5) is 10.4. The average molecular weight is 381 g/mol. The minimum Gasteiger partial charge on any atom is -0.481 e. The molecule has 0 aromatic heterocycles. The van der Waals surface area contributed by atoms with E-state index in [1.165, 1.54) is 103 Å². The van der Waals surface area contributed by atoms with Crippen molar-refractivity contribution in [3.05, 3.63) is 12.2 Å². The van der Waals surface area contributed by atoms with Gasteiger partial charge in [-0.05, 0) is 31.6 Å². The second-order valence-electron chi connectivity index (χ2n) is 8.43. The highest BCUT2D eigenvalue weighted by Crippen LogP contribution is 2.15. The molecule has 0 heterocycles. The molecule has 0 spiro atoms. The molecule has 0 aromatic carbocycles. The zero-order valence-corrected chi connectivity index (χ0v) is 18.5. The molecule has 0 rings (SSSR count). The zero-order chi connectivity index (χ0) is 20.0. The van der Waals surface area contributed by atoms with Gasteiger partial charge in [-0.15, -0.1) is 0 Å². The van der Waals surface area contributed by atoms with Gasteiger partial charge in [0.2, 0.25) is 0 Å². The Kier molecular flexibility index (Phi) is 20.9. The van der Waals surface area contributed by atoms with Gasteiger partial charge < -0.3 is 5.11 Å². The first-order valence-corrected chi connectivity index (χ1v) is 12.0. The molecule has 0 fully saturated rings. The first kappa shape index (κ1) is 26.2. The Morgan fingerprint density at radius 1 is 0.741 bits per heavy atom. The highest BCUT2D eigenvalue weighted by Gasteiger charge is 1.98. The average Bonchev–Trinajstić information content (AvgIpc) is 2.64. The maximum atomic E-state index is 10.4. The van der Waals surface area contributed by atoms with Crippen molar-refractivity contribution in [3.8, 4) is 0 Å². The Labute approximate surface area is 170 Å². The summed E-state index contributed by atoms with van der Waals surface area (Å²) in [5.41, 5.74) is 0. The molecule has 0 aliphatic heterocycles. The van der Waals surface area contributed by atoms with Crippen LogP contribution in [0.1, 0.15) is 136 Å². The van der Waals surface area contributed by atoms with Crippen LogP contribution < -0.4 is 0 Å². The lowest BCUT2D eigenvalue weighted by Gasteiger charge is -2.06. The number of unbranched alkanes of at least 4 members (excludes halogenated alkanes) is 15. The molecule has 1 unspecified atom stereocenters. The van der Waals surface area contributed by atoms with Crippen LogP contribution >= 0.6 is 0 Å². The molecule has 0 amide bonds. The van der Waals surface area contributed by atoms with Gasteiger partial charge in [0.05, 0.1) is 0 Å². The summed E-state index contributed by atoms with van der Waals surface area (Å²) >= 11 is 0. The van der Waals surface area contributed by atoms with Crippen molar-refractivity contribution in [2.75, 3.05) is 0 Å². The summed E-state index contributed by atoms with van der Waals surface area (Å²) in [6.45, 7) is 4.63. The van der Waals surface area contributed by atoms with Gasteiger partial charge in [-0.3, -0.25) is 4.79 Å². The molecule has 0 radical (unpaired) electrons. The van der Waals surface area contributed by atoms with Crippen molar-refractivity contribution >= 4 is 5.97 Å². The highest BCUT2D eigenvalue weighted by molar-refractivity contribution is 5.66. The molecular weight excluding hydrogens is 332 g/mol. The Morgan fingerprint density at radius 2 is 1.22 bits per heavy atom. The number of carbonyl (C=O) groups is 1. The monoisotopic (exact) mass is 380 g/mol. The maximum Gasteiger partial charge on any atom is 0.303 e. The summed E-state index contributed by atoms with van der Waals surface area (Å²) in [5, 5.41) is 8.58. The quantitative estimate of drug-likeness (QED) is 0.160. The molecular formula is C25H48O2. The fraction of sp³-hybridized carbons (Fsp3) is 0.880. The van der Waals surface area contributed by atoms with E-state index in [9.17, 15) is 4.79 Å². The molecule has 0 aliphatic carbocycles. The number of hydrogen-bond acceptors (Lipinski definition) is 1. The Morgan fingerprint density at radius 3 is 1.70 bits per heavy atom. The number of carboxylic acid groups (broad SMARTS) is 1. The second kappa shape index (κ2) is 21.5. The third-order valence-corrected chi connectivity index (χ3v) is 5.49. The summed E-state index contributed by atoms with van der Waals surface area (Å²) in [6.07, 6.45) is 28.8. The van der Waals surface area contributed by atoms with E-state index >= 15 is 0 Å². The molecule has 160 valence electrons. The van der Waals surface area contributed by atoms with Crippen LogP contribution in [-0.2, 0) is 4.79 Å². The lowest BCUT2D eigenvalue weighted by Crippen LogP contribution is -1.93. The Balaban J connectivity index is 3.17. The molecule has 0 bridgehead atoms. The molecule has 27 heavy (non-hydrogen) atoms. The van der Waals surface area contributed by atoms with Gasteiger partial charge in [0, 0.05) is 6.42 Å². The molecule has 0 saturated heterocycles. The van der Waals surface area contributed by atoms with E-state index in [0.29, 0.717) is 6.42 Å². The van der Waals surface area contributed by atoms with Crippen LogP contribution in [0.15, 0.2) is 12.2 Å². The summed E-state index contributed by atoms with van der Waals surface area (Å²) < 4.78 is 0. The number of rotatable bonds is 21. The van der Waals surface area contributed by atoms with Gasteiger partial charge >= 0.3 is 5.97 Å². The van der Waals surface area contributed by atoms with Crippen LogP contribution in [0.5, 0.6) is 0 Å². The van der Waals surface area contributed by atoms with Gasteiger partial charge in [-0.25, -0.2) is 0 Å².